The first-order valence-corrected chi connectivity index (χ1v) is 13.5. The van der Waals surface area contributed by atoms with E-state index >= 15 is 0 Å². The van der Waals surface area contributed by atoms with E-state index in [4.69, 9.17) is 5.10 Å². The Bertz CT molecular complexity index is 1470. The minimum Gasteiger partial charge on any atom is -0.372 e. The number of fused-ring (bicyclic) bond motifs is 1. The lowest BCUT2D eigenvalue weighted by molar-refractivity contribution is 0.435. The lowest BCUT2D eigenvalue weighted by atomic mass is 9.82. The summed E-state index contributed by atoms with van der Waals surface area (Å²) in [6.07, 6.45) is 15.7. The second-order valence-electron chi connectivity index (χ2n) is 9.62. The molecule has 5 rings (SSSR count). The number of benzene rings is 4. The SMILES string of the molecule is CCN(CC)c1ccc(/C=C/c2ccc(/C=N/NC3(c4cccc5ccccc45)C=CC=CC3)cc2)cc1. The lowest BCUT2D eigenvalue weighted by Gasteiger charge is -2.32. The van der Waals surface area contributed by atoms with Crippen molar-refractivity contribution < 1.29 is 0 Å². The zero-order chi connectivity index (χ0) is 26.2. The Kier molecular flexibility index (Phi) is 7.84. The van der Waals surface area contributed by atoms with Crippen molar-refractivity contribution in [2.75, 3.05) is 18.0 Å². The van der Waals surface area contributed by atoms with Crippen molar-refractivity contribution in [1.29, 1.82) is 0 Å². The van der Waals surface area contributed by atoms with E-state index in [-0.39, 0.29) is 5.54 Å². The molecule has 1 unspecified atom stereocenters. The van der Waals surface area contributed by atoms with E-state index in [1.165, 1.54) is 27.6 Å². The highest BCUT2D eigenvalue weighted by Gasteiger charge is 2.30. The standard InChI is InChI=1S/C35H35N3/c1-3-38(4-2)32-23-21-29(22-24-32)16-15-28-17-19-30(20-18-28)27-36-37-35(25-8-5-9-26-35)34-14-10-12-31-11-6-7-13-33(31)34/h5-25,27,37H,3-4,26H2,1-2H3/b16-15+,36-27+. The molecule has 0 spiro atoms. The van der Waals surface area contributed by atoms with Crippen molar-refractivity contribution in [2.45, 2.75) is 25.8 Å². The Labute approximate surface area is 226 Å². The van der Waals surface area contributed by atoms with E-state index in [0.717, 1.165) is 30.6 Å². The summed E-state index contributed by atoms with van der Waals surface area (Å²) in [6.45, 7) is 6.42. The van der Waals surface area contributed by atoms with Gasteiger partial charge in [-0.2, -0.15) is 5.10 Å². The molecule has 0 radical (unpaired) electrons. The molecule has 0 aliphatic heterocycles. The minimum absolute atomic E-state index is 0.379. The van der Waals surface area contributed by atoms with Gasteiger partial charge in [0.25, 0.3) is 0 Å². The zero-order valence-electron chi connectivity index (χ0n) is 22.2. The highest BCUT2D eigenvalue weighted by Crippen LogP contribution is 2.35. The van der Waals surface area contributed by atoms with Gasteiger partial charge in [0.05, 0.1) is 6.21 Å². The quantitative estimate of drug-likeness (QED) is 0.143. The molecule has 1 atom stereocenters. The number of anilines is 1. The number of rotatable bonds is 9. The van der Waals surface area contributed by atoms with Gasteiger partial charge in [-0.25, -0.2) is 0 Å². The van der Waals surface area contributed by atoms with Gasteiger partial charge >= 0.3 is 0 Å². The maximum atomic E-state index is 4.70. The maximum absolute atomic E-state index is 4.70. The fourth-order valence-electron chi connectivity index (χ4n) is 5.07. The zero-order valence-corrected chi connectivity index (χ0v) is 22.2. The van der Waals surface area contributed by atoms with Crippen LogP contribution in [0.3, 0.4) is 0 Å². The Morgan fingerprint density at radius 3 is 2.11 bits per heavy atom. The molecule has 4 aromatic carbocycles. The van der Waals surface area contributed by atoms with Crippen LogP contribution in [0.25, 0.3) is 22.9 Å². The van der Waals surface area contributed by atoms with Crippen molar-refractivity contribution in [3.63, 3.8) is 0 Å². The first-order chi connectivity index (χ1) is 18.7. The third-order valence-corrected chi connectivity index (χ3v) is 7.24. The maximum Gasteiger partial charge on any atom is 0.102 e. The van der Waals surface area contributed by atoms with Crippen molar-refractivity contribution >= 4 is 34.8 Å². The molecule has 0 fully saturated rings. The van der Waals surface area contributed by atoms with Gasteiger partial charge in [0.1, 0.15) is 5.54 Å². The average molecular weight is 498 g/mol. The van der Waals surface area contributed by atoms with Crippen LogP contribution in [-0.4, -0.2) is 19.3 Å². The summed E-state index contributed by atoms with van der Waals surface area (Å²) in [7, 11) is 0. The summed E-state index contributed by atoms with van der Waals surface area (Å²) in [5, 5.41) is 7.18. The van der Waals surface area contributed by atoms with Crippen molar-refractivity contribution in [1.82, 2.24) is 5.43 Å². The van der Waals surface area contributed by atoms with E-state index in [1.807, 2.05) is 6.21 Å². The average Bonchev–Trinajstić information content (AvgIpc) is 2.98. The van der Waals surface area contributed by atoms with Crippen LogP contribution in [0.1, 0.15) is 42.5 Å². The molecule has 0 heterocycles. The third kappa shape index (κ3) is 5.63. The largest absolute Gasteiger partial charge is 0.372 e. The first-order valence-electron chi connectivity index (χ1n) is 13.5. The van der Waals surface area contributed by atoms with Crippen LogP contribution in [0.15, 0.2) is 120 Å². The molecule has 1 N–H and O–H groups in total. The molecule has 3 heteroatoms. The molecule has 1 aliphatic carbocycles. The minimum atomic E-state index is -0.379. The molecule has 4 aromatic rings. The molecule has 0 bridgehead atoms. The molecule has 3 nitrogen and oxygen atoms in total. The molecule has 0 aromatic heterocycles. The number of nitrogens with zero attached hydrogens (tertiary/aromatic N) is 2. The summed E-state index contributed by atoms with van der Waals surface area (Å²) in [5.74, 6) is 0. The predicted octanol–water partition coefficient (Wildman–Crippen LogP) is 8.19. The van der Waals surface area contributed by atoms with Gasteiger partial charge in [0.15, 0.2) is 0 Å². The highest BCUT2D eigenvalue weighted by molar-refractivity contribution is 5.87. The number of hydrogen-bond acceptors (Lipinski definition) is 3. The van der Waals surface area contributed by atoms with Crippen LogP contribution in [0.5, 0.6) is 0 Å². The van der Waals surface area contributed by atoms with Gasteiger partial charge in [0.2, 0.25) is 0 Å². The monoisotopic (exact) mass is 497 g/mol. The van der Waals surface area contributed by atoms with Crippen LogP contribution in [0.4, 0.5) is 5.69 Å². The van der Waals surface area contributed by atoms with E-state index in [2.05, 4.69) is 152 Å². The number of allylic oxidation sites excluding steroid dienone is 2. The van der Waals surface area contributed by atoms with E-state index in [0.29, 0.717) is 0 Å². The second-order valence-corrected chi connectivity index (χ2v) is 9.62. The fourth-order valence-corrected chi connectivity index (χ4v) is 5.07. The molecule has 38 heavy (non-hydrogen) atoms. The van der Waals surface area contributed by atoms with Gasteiger partial charge in [-0.3, -0.25) is 5.43 Å². The Hall–Kier alpha value is -4.37. The van der Waals surface area contributed by atoms with Crippen LogP contribution in [0, 0.1) is 0 Å². The summed E-state index contributed by atoms with van der Waals surface area (Å²) in [6, 6.07) is 32.3. The number of hydrazone groups is 1. The predicted molar refractivity (Wildman–Crippen MR) is 165 cm³/mol. The van der Waals surface area contributed by atoms with Crippen molar-refractivity contribution in [2.24, 2.45) is 5.10 Å². The van der Waals surface area contributed by atoms with Gasteiger partial charge in [-0.15, -0.1) is 0 Å². The molecular formula is C35H35N3. The van der Waals surface area contributed by atoms with Gasteiger partial charge in [-0.1, -0.05) is 115 Å². The molecule has 0 amide bonds. The molecule has 0 saturated carbocycles. The van der Waals surface area contributed by atoms with Crippen LogP contribution >= 0.6 is 0 Å². The smallest absolute Gasteiger partial charge is 0.102 e. The normalized spacial score (nSPS) is 17.0. The topological polar surface area (TPSA) is 27.6 Å². The molecule has 0 saturated heterocycles. The van der Waals surface area contributed by atoms with Crippen LogP contribution in [0.2, 0.25) is 0 Å². The Morgan fingerprint density at radius 1 is 0.763 bits per heavy atom. The van der Waals surface area contributed by atoms with E-state index in [1.54, 1.807) is 0 Å². The summed E-state index contributed by atoms with van der Waals surface area (Å²) in [4.78, 5) is 2.35. The summed E-state index contributed by atoms with van der Waals surface area (Å²) >= 11 is 0. The molecule has 190 valence electrons. The van der Waals surface area contributed by atoms with E-state index in [9.17, 15) is 0 Å². The number of nitrogens with one attached hydrogen (secondary N) is 1. The Morgan fingerprint density at radius 2 is 1.42 bits per heavy atom. The van der Waals surface area contributed by atoms with Crippen LogP contribution in [-0.2, 0) is 5.54 Å². The third-order valence-electron chi connectivity index (χ3n) is 7.24. The first kappa shape index (κ1) is 25.3. The summed E-state index contributed by atoms with van der Waals surface area (Å²) in [5.41, 5.74) is 9.03. The molecular weight excluding hydrogens is 462 g/mol. The highest BCUT2D eigenvalue weighted by atomic mass is 15.3. The fraction of sp³-hybridized carbons (Fsp3) is 0.171. The lowest BCUT2D eigenvalue weighted by Crippen LogP contribution is -2.38. The van der Waals surface area contributed by atoms with Gasteiger partial charge in [0, 0.05) is 18.8 Å². The second kappa shape index (κ2) is 11.8. The van der Waals surface area contributed by atoms with Crippen molar-refractivity contribution in [3.05, 3.63) is 138 Å². The van der Waals surface area contributed by atoms with Gasteiger partial charge < -0.3 is 4.90 Å². The Balaban J connectivity index is 1.28. The van der Waals surface area contributed by atoms with Crippen molar-refractivity contribution in [3.8, 4) is 0 Å². The number of hydrogen-bond donors (Lipinski definition) is 1. The van der Waals surface area contributed by atoms with Gasteiger partial charge in [-0.05, 0) is 65.4 Å². The van der Waals surface area contributed by atoms with Crippen LogP contribution < -0.4 is 10.3 Å². The summed E-state index contributed by atoms with van der Waals surface area (Å²) < 4.78 is 0. The van der Waals surface area contributed by atoms with E-state index < -0.39 is 0 Å². The molecule has 1 aliphatic rings.